The Morgan fingerprint density at radius 3 is 2.79 bits per heavy atom. The molecule has 0 radical (unpaired) electrons. The topological polar surface area (TPSA) is 79.7 Å². The first-order valence-electron chi connectivity index (χ1n) is 8.11. The third-order valence-corrected chi connectivity index (χ3v) is 4.29. The number of likely N-dealkylation sites (tertiary alicyclic amines) is 1. The van der Waals surface area contributed by atoms with Crippen LogP contribution < -0.4 is 4.74 Å². The lowest BCUT2D eigenvalue weighted by molar-refractivity contribution is -0.144. The molecular formula is C17H23ClN2O4. The Kier molecular flexibility index (Phi) is 6.04. The number of aromatic nitrogens is 1. The van der Waals surface area contributed by atoms with Crippen molar-refractivity contribution in [3.05, 3.63) is 22.8 Å². The van der Waals surface area contributed by atoms with Gasteiger partial charge >= 0.3 is 5.97 Å². The highest BCUT2D eigenvalue weighted by atomic mass is 35.5. The van der Waals surface area contributed by atoms with Crippen LogP contribution in [0.5, 0.6) is 5.88 Å². The molecule has 0 saturated carbocycles. The van der Waals surface area contributed by atoms with Crippen LogP contribution >= 0.6 is 11.6 Å². The van der Waals surface area contributed by atoms with E-state index in [1.54, 1.807) is 0 Å². The van der Waals surface area contributed by atoms with Crippen LogP contribution in [0.4, 0.5) is 0 Å². The van der Waals surface area contributed by atoms with Crippen molar-refractivity contribution in [2.75, 3.05) is 13.2 Å². The van der Waals surface area contributed by atoms with Crippen molar-refractivity contribution >= 4 is 23.5 Å². The zero-order valence-corrected chi connectivity index (χ0v) is 14.9. The second kappa shape index (κ2) is 7.83. The molecule has 1 aromatic rings. The first kappa shape index (κ1) is 18.5. The normalized spacial score (nSPS) is 21.0. The molecule has 0 bridgehead atoms. The fourth-order valence-corrected chi connectivity index (χ4v) is 2.90. The minimum Gasteiger partial charge on any atom is -0.480 e. The molecule has 7 heteroatoms. The molecule has 2 unspecified atom stereocenters. The molecule has 1 amide bonds. The number of carbonyl (C=O) groups excluding carboxylic acids is 1. The highest BCUT2D eigenvalue weighted by Crippen LogP contribution is 2.27. The largest absolute Gasteiger partial charge is 0.480 e. The van der Waals surface area contributed by atoms with E-state index in [4.69, 9.17) is 16.3 Å². The molecule has 0 aromatic carbocycles. The summed E-state index contributed by atoms with van der Waals surface area (Å²) in [6.07, 6.45) is 2.63. The number of nitrogens with zero attached hydrogens (tertiary/aromatic N) is 2. The van der Waals surface area contributed by atoms with Crippen LogP contribution in [0.2, 0.25) is 5.02 Å². The molecule has 1 aromatic heterocycles. The lowest BCUT2D eigenvalue weighted by Crippen LogP contribution is -2.49. The summed E-state index contributed by atoms with van der Waals surface area (Å²) >= 11 is 6.14. The summed E-state index contributed by atoms with van der Waals surface area (Å²) in [6.45, 7) is 6.91. The van der Waals surface area contributed by atoms with Crippen LogP contribution in [0.15, 0.2) is 12.3 Å². The van der Waals surface area contributed by atoms with Crippen LogP contribution in [-0.4, -0.2) is 46.1 Å². The van der Waals surface area contributed by atoms with Crippen molar-refractivity contribution in [2.24, 2.45) is 11.8 Å². The minimum atomic E-state index is -0.981. The molecule has 1 aliphatic rings. The highest BCUT2D eigenvalue weighted by Gasteiger charge is 2.35. The maximum atomic E-state index is 12.7. The molecule has 1 aliphatic heterocycles. The van der Waals surface area contributed by atoms with Gasteiger partial charge < -0.3 is 14.7 Å². The average Bonchev–Trinajstić information content (AvgIpc) is 2.52. The van der Waals surface area contributed by atoms with Gasteiger partial charge in [-0.3, -0.25) is 4.79 Å². The summed E-state index contributed by atoms with van der Waals surface area (Å²) < 4.78 is 5.49. The van der Waals surface area contributed by atoms with Crippen LogP contribution in [0, 0.1) is 11.8 Å². The monoisotopic (exact) mass is 354 g/mol. The van der Waals surface area contributed by atoms with Gasteiger partial charge in [0.2, 0.25) is 5.88 Å². The summed E-state index contributed by atoms with van der Waals surface area (Å²) in [4.78, 5) is 29.6. The quantitative estimate of drug-likeness (QED) is 0.878. The van der Waals surface area contributed by atoms with E-state index in [9.17, 15) is 14.7 Å². The molecule has 2 rings (SSSR count). The number of rotatable bonds is 5. The summed E-state index contributed by atoms with van der Waals surface area (Å²) in [5.74, 6) is -0.451. The Morgan fingerprint density at radius 2 is 2.21 bits per heavy atom. The van der Waals surface area contributed by atoms with Crippen molar-refractivity contribution in [2.45, 2.75) is 39.7 Å². The van der Waals surface area contributed by atoms with E-state index in [1.165, 1.54) is 17.2 Å². The average molecular weight is 355 g/mol. The number of carboxylic acids is 1. The zero-order valence-electron chi connectivity index (χ0n) is 14.2. The van der Waals surface area contributed by atoms with Crippen molar-refractivity contribution in [3.63, 3.8) is 0 Å². The molecule has 1 N–H and O–H groups in total. The second-order valence-electron chi connectivity index (χ2n) is 6.70. The zero-order chi connectivity index (χ0) is 17.9. The van der Waals surface area contributed by atoms with Crippen LogP contribution in [0.3, 0.4) is 0 Å². The lowest BCUT2D eigenvalue weighted by Gasteiger charge is -2.36. The number of hydrogen-bond donors (Lipinski definition) is 1. The predicted molar refractivity (Wildman–Crippen MR) is 90.4 cm³/mol. The van der Waals surface area contributed by atoms with Crippen LogP contribution in [0.1, 0.15) is 44.0 Å². The molecule has 2 heterocycles. The highest BCUT2D eigenvalue weighted by molar-refractivity contribution is 6.32. The molecule has 24 heavy (non-hydrogen) atoms. The number of ether oxygens (including phenoxy) is 1. The smallest absolute Gasteiger partial charge is 0.326 e. The van der Waals surface area contributed by atoms with Gasteiger partial charge in [-0.2, -0.15) is 0 Å². The molecule has 6 nitrogen and oxygen atoms in total. The Morgan fingerprint density at radius 1 is 1.50 bits per heavy atom. The van der Waals surface area contributed by atoms with Gasteiger partial charge in [-0.25, -0.2) is 9.78 Å². The van der Waals surface area contributed by atoms with Gasteiger partial charge in [-0.1, -0.05) is 32.4 Å². The minimum absolute atomic E-state index is 0.249. The molecule has 0 aliphatic carbocycles. The molecule has 1 saturated heterocycles. The van der Waals surface area contributed by atoms with Crippen molar-refractivity contribution < 1.29 is 19.4 Å². The van der Waals surface area contributed by atoms with E-state index in [-0.39, 0.29) is 28.3 Å². The van der Waals surface area contributed by atoms with Crippen LogP contribution in [0.25, 0.3) is 0 Å². The molecule has 132 valence electrons. The summed E-state index contributed by atoms with van der Waals surface area (Å²) in [5.41, 5.74) is 0.276. The van der Waals surface area contributed by atoms with Crippen molar-refractivity contribution in [1.29, 1.82) is 0 Å². The van der Waals surface area contributed by atoms with E-state index in [2.05, 4.69) is 4.98 Å². The fraction of sp³-hybridized carbons (Fsp3) is 0.588. The number of piperidine rings is 1. The molecular weight excluding hydrogens is 332 g/mol. The van der Waals surface area contributed by atoms with Crippen molar-refractivity contribution in [1.82, 2.24) is 9.88 Å². The number of pyridine rings is 1. The van der Waals surface area contributed by atoms with E-state index in [0.717, 1.165) is 6.42 Å². The van der Waals surface area contributed by atoms with Gasteiger partial charge in [-0.05, 0) is 30.7 Å². The third-order valence-electron chi connectivity index (χ3n) is 4.02. The predicted octanol–water partition coefficient (Wildman–Crippen LogP) is 3.10. The number of carboxylic acid groups (broad SMARTS) is 1. The molecule has 1 fully saturated rings. The number of amides is 1. The van der Waals surface area contributed by atoms with E-state index >= 15 is 0 Å². The van der Waals surface area contributed by atoms with E-state index in [0.29, 0.717) is 25.5 Å². The van der Waals surface area contributed by atoms with Gasteiger partial charge in [0.25, 0.3) is 5.91 Å². The lowest BCUT2D eigenvalue weighted by atomic mass is 9.92. The SMILES string of the molecule is CC(C)COc1ncc(C(=O)N2CCC(C)CC2C(=O)O)cc1Cl. The molecule has 0 spiro atoms. The van der Waals surface area contributed by atoms with Crippen molar-refractivity contribution in [3.8, 4) is 5.88 Å². The fourth-order valence-electron chi connectivity index (χ4n) is 2.68. The first-order valence-corrected chi connectivity index (χ1v) is 8.49. The second-order valence-corrected chi connectivity index (χ2v) is 7.11. The number of aliphatic carboxylic acids is 1. The standard InChI is InChI=1S/C17H23ClN2O4/c1-10(2)9-24-15-13(18)7-12(8-19-15)16(21)20-5-4-11(3)6-14(20)17(22)23/h7-8,10-11,14H,4-6,9H2,1-3H3,(H,22,23). The summed E-state index contributed by atoms with van der Waals surface area (Å²) in [7, 11) is 0. The van der Waals surface area contributed by atoms with Gasteiger partial charge in [0.15, 0.2) is 0 Å². The summed E-state index contributed by atoms with van der Waals surface area (Å²) in [5, 5.41) is 9.64. The first-order chi connectivity index (χ1) is 11.3. The molecule has 2 atom stereocenters. The summed E-state index contributed by atoms with van der Waals surface area (Å²) in [6, 6.07) is 0.681. The maximum Gasteiger partial charge on any atom is 0.326 e. The van der Waals surface area contributed by atoms with Gasteiger partial charge in [0.05, 0.1) is 12.2 Å². The Bertz CT molecular complexity index is 621. The van der Waals surface area contributed by atoms with E-state index < -0.39 is 12.0 Å². The van der Waals surface area contributed by atoms with Crippen LogP contribution in [-0.2, 0) is 4.79 Å². The Hall–Kier alpha value is -1.82. The van der Waals surface area contributed by atoms with Gasteiger partial charge in [-0.15, -0.1) is 0 Å². The van der Waals surface area contributed by atoms with Gasteiger partial charge in [0, 0.05) is 12.7 Å². The Balaban J connectivity index is 2.16. The van der Waals surface area contributed by atoms with Gasteiger partial charge in [0.1, 0.15) is 11.1 Å². The number of carbonyl (C=O) groups is 2. The Labute approximate surface area is 146 Å². The third kappa shape index (κ3) is 4.38. The van der Waals surface area contributed by atoms with E-state index in [1.807, 2.05) is 20.8 Å². The number of hydrogen-bond acceptors (Lipinski definition) is 4. The maximum absolute atomic E-state index is 12.7. The number of halogens is 1.